The molecule has 1 aliphatic rings. The van der Waals surface area contributed by atoms with Crippen LogP contribution in [-0.2, 0) is 11.0 Å². The second-order valence-corrected chi connectivity index (χ2v) is 5.24. The number of allylic oxidation sites excluding steroid dienone is 1. The maximum Gasteiger partial charge on any atom is 0.416 e. The molecule has 114 valence electrons. The summed E-state index contributed by atoms with van der Waals surface area (Å²) in [5, 5.41) is 0. The van der Waals surface area contributed by atoms with E-state index in [1.165, 1.54) is 12.1 Å². The molecule has 21 heavy (non-hydrogen) atoms. The number of nitrogens with zero attached hydrogens (tertiary/aromatic N) is 1. The van der Waals surface area contributed by atoms with Crippen LogP contribution in [0.2, 0.25) is 0 Å². The van der Waals surface area contributed by atoms with Crippen LogP contribution in [0.4, 0.5) is 13.2 Å². The lowest BCUT2D eigenvalue weighted by molar-refractivity contribution is -0.137. The van der Waals surface area contributed by atoms with E-state index in [4.69, 9.17) is 5.73 Å². The zero-order valence-electron chi connectivity index (χ0n) is 11.7. The van der Waals surface area contributed by atoms with Gasteiger partial charge in [0.15, 0.2) is 0 Å². The van der Waals surface area contributed by atoms with Gasteiger partial charge in [0.25, 0.3) is 0 Å². The van der Waals surface area contributed by atoms with E-state index in [9.17, 15) is 18.0 Å². The number of hydrogen-bond acceptors (Lipinski definition) is 2. The van der Waals surface area contributed by atoms with Crippen molar-refractivity contribution in [1.82, 2.24) is 4.90 Å². The lowest BCUT2D eigenvalue weighted by Crippen LogP contribution is -2.30. The highest BCUT2D eigenvalue weighted by Gasteiger charge is 2.30. The average Bonchev–Trinajstić information content (AvgIpc) is 2.84. The topological polar surface area (TPSA) is 46.3 Å². The average molecular weight is 298 g/mol. The third-order valence-corrected chi connectivity index (χ3v) is 3.52. The van der Waals surface area contributed by atoms with Crippen molar-refractivity contribution in [2.24, 2.45) is 5.73 Å². The van der Waals surface area contributed by atoms with Crippen LogP contribution in [0.5, 0.6) is 0 Å². The molecule has 0 saturated carbocycles. The van der Waals surface area contributed by atoms with Gasteiger partial charge >= 0.3 is 6.18 Å². The first-order chi connectivity index (χ1) is 9.77. The number of carbonyl (C=O) groups excluding carboxylic acids is 1. The molecule has 0 spiro atoms. The molecular formula is C15H17F3N2O. The molecule has 1 aromatic carbocycles. The summed E-state index contributed by atoms with van der Waals surface area (Å²) in [7, 11) is 0. The fourth-order valence-corrected chi connectivity index (χ4v) is 2.29. The molecule has 1 atom stereocenters. The highest BCUT2D eigenvalue weighted by Crippen LogP contribution is 2.30. The molecule has 1 saturated heterocycles. The number of hydrogen-bond donors (Lipinski definition) is 1. The summed E-state index contributed by atoms with van der Waals surface area (Å²) in [4.78, 5) is 13.6. The van der Waals surface area contributed by atoms with Gasteiger partial charge in [-0.15, -0.1) is 0 Å². The third kappa shape index (κ3) is 3.85. The van der Waals surface area contributed by atoms with Crippen LogP contribution in [0, 0.1) is 0 Å². The second kappa shape index (κ2) is 5.89. The molecule has 1 heterocycles. The molecule has 1 amide bonds. The Balaban J connectivity index is 2.17. The van der Waals surface area contributed by atoms with Crippen LogP contribution in [0.15, 0.2) is 30.3 Å². The first kappa shape index (κ1) is 15.6. The number of alkyl halides is 3. The van der Waals surface area contributed by atoms with Crippen molar-refractivity contribution in [1.29, 1.82) is 0 Å². The van der Waals surface area contributed by atoms with Crippen molar-refractivity contribution < 1.29 is 18.0 Å². The summed E-state index contributed by atoms with van der Waals surface area (Å²) in [6.45, 7) is 2.71. The fourth-order valence-electron chi connectivity index (χ4n) is 2.29. The van der Waals surface area contributed by atoms with Gasteiger partial charge in [-0.1, -0.05) is 12.1 Å². The third-order valence-electron chi connectivity index (χ3n) is 3.52. The SMILES string of the molecule is C/C(=C\C(=O)N1CC[C@@H](N)C1)c1cccc(C(F)(F)F)c1. The van der Waals surface area contributed by atoms with Crippen molar-refractivity contribution in [2.45, 2.75) is 25.6 Å². The monoisotopic (exact) mass is 298 g/mol. The van der Waals surface area contributed by atoms with Gasteiger partial charge < -0.3 is 10.6 Å². The standard InChI is InChI=1S/C15H17F3N2O/c1-10(7-14(21)20-6-5-13(19)9-20)11-3-2-4-12(8-11)15(16,17)18/h2-4,7-8,13H,5-6,9,19H2,1H3/b10-7+/t13-/m1/s1. The molecule has 3 nitrogen and oxygen atoms in total. The minimum atomic E-state index is -4.39. The van der Waals surface area contributed by atoms with E-state index in [1.54, 1.807) is 17.9 Å². The number of likely N-dealkylation sites (tertiary alicyclic amines) is 1. The summed E-state index contributed by atoms with van der Waals surface area (Å²) >= 11 is 0. The van der Waals surface area contributed by atoms with Crippen LogP contribution >= 0.6 is 0 Å². The predicted molar refractivity (Wildman–Crippen MR) is 74.3 cm³/mol. The van der Waals surface area contributed by atoms with Crippen LogP contribution in [0.25, 0.3) is 5.57 Å². The van der Waals surface area contributed by atoms with Crippen LogP contribution < -0.4 is 5.73 Å². The van der Waals surface area contributed by atoms with E-state index in [0.29, 0.717) is 24.2 Å². The van der Waals surface area contributed by atoms with Gasteiger partial charge in [0.1, 0.15) is 0 Å². The molecule has 0 aliphatic carbocycles. The number of amides is 1. The molecule has 2 N–H and O–H groups in total. The highest BCUT2D eigenvalue weighted by molar-refractivity contribution is 5.95. The van der Waals surface area contributed by atoms with Gasteiger partial charge in [0.2, 0.25) is 5.91 Å². The largest absolute Gasteiger partial charge is 0.416 e. The maximum absolute atomic E-state index is 12.7. The molecule has 0 radical (unpaired) electrons. The summed E-state index contributed by atoms with van der Waals surface area (Å²) in [5.74, 6) is -0.210. The Morgan fingerprint density at radius 3 is 2.71 bits per heavy atom. The Labute approximate surface area is 121 Å². The molecule has 1 fully saturated rings. The van der Waals surface area contributed by atoms with E-state index in [2.05, 4.69) is 0 Å². The number of carbonyl (C=O) groups is 1. The van der Waals surface area contributed by atoms with Crippen molar-refractivity contribution in [3.63, 3.8) is 0 Å². The van der Waals surface area contributed by atoms with E-state index >= 15 is 0 Å². The minimum Gasteiger partial charge on any atom is -0.338 e. The molecule has 0 bridgehead atoms. The first-order valence-electron chi connectivity index (χ1n) is 6.68. The Morgan fingerprint density at radius 2 is 2.14 bits per heavy atom. The smallest absolute Gasteiger partial charge is 0.338 e. The van der Waals surface area contributed by atoms with Crippen molar-refractivity contribution >= 4 is 11.5 Å². The lowest BCUT2D eigenvalue weighted by atomic mass is 10.0. The molecule has 0 aromatic heterocycles. The van der Waals surface area contributed by atoms with Gasteiger partial charge in [-0.3, -0.25) is 4.79 Å². The van der Waals surface area contributed by atoms with Gasteiger partial charge in [-0.2, -0.15) is 13.2 Å². The van der Waals surface area contributed by atoms with Crippen LogP contribution in [0.3, 0.4) is 0 Å². The van der Waals surface area contributed by atoms with Crippen molar-refractivity contribution in [3.8, 4) is 0 Å². The maximum atomic E-state index is 12.7. The Bertz CT molecular complexity index is 566. The Morgan fingerprint density at radius 1 is 1.43 bits per heavy atom. The number of rotatable bonds is 2. The van der Waals surface area contributed by atoms with Crippen molar-refractivity contribution in [3.05, 3.63) is 41.5 Å². The fraction of sp³-hybridized carbons (Fsp3) is 0.400. The Hall–Kier alpha value is -1.82. The number of nitrogens with two attached hydrogens (primary N) is 1. The molecule has 2 rings (SSSR count). The summed E-state index contributed by atoms with van der Waals surface area (Å²) in [6, 6.07) is 4.94. The highest BCUT2D eigenvalue weighted by atomic mass is 19.4. The second-order valence-electron chi connectivity index (χ2n) is 5.24. The Kier molecular flexibility index (Phi) is 4.37. The minimum absolute atomic E-state index is 0.0174. The zero-order chi connectivity index (χ0) is 15.6. The summed E-state index contributed by atoms with van der Waals surface area (Å²) in [5.41, 5.74) is 5.91. The summed E-state index contributed by atoms with van der Waals surface area (Å²) in [6.07, 6.45) is -2.27. The van der Waals surface area contributed by atoms with Gasteiger partial charge in [-0.05, 0) is 36.6 Å². The number of halogens is 3. The van der Waals surface area contributed by atoms with E-state index in [0.717, 1.165) is 18.6 Å². The van der Waals surface area contributed by atoms with E-state index < -0.39 is 11.7 Å². The molecule has 6 heteroatoms. The van der Waals surface area contributed by atoms with Crippen LogP contribution in [-0.4, -0.2) is 29.9 Å². The van der Waals surface area contributed by atoms with Gasteiger partial charge in [0.05, 0.1) is 5.56 Å². The first-order valence-corrected chi connectivity index (χ1v) is 6.68. The van der Waals surface area contributed by atoms with Crippen LogP contribution in [0.1, 0.15) is 24.5 Å². The normalized spacial score (nSPS) is 20.0. The molecular weight excluding hydrogens is 281 g/mol. The van der Waals surface area contributed by atoms with Crippen molar-refractivity contribution in [2.75, 3.05) is 13.1 Å². The quantitative estimate of drug-likeness (QED) is 0.853. The molecule has 1 aliphatic heterocycles. The number of benzene rings is 1. The summed E-state index contributed by atoms with van der Waals surface area (Å²) < 4.78 is 38.0. The lowest BCUT2D eigenvalue weighted by Gasteiger charge is -2.14. The molecule has 1 aromatic rings. The molecule has 0 unspecified atom stereocenters. The van der Waals surface area contributed by atoms with E-state index in [1.807, 2.05) is 0 Å². The zero-order valence-corrected chi connectivity index (χ0v) is 11.7. The van der Waals surface area contributed by atoms with E-state index in [-0.39, 0.29) is 11.9 Å². The van der Waals surface area contributed by atoms with Gasteiger partial charge in [-0.25, -0.2) is 0 Å². The predicted octanol–water partition coefficient (Wildman–Crippen LogP) is 2.67. The van der Waals surface area contributed by atoms with Gasteiger partial charge in [0, 0.05) is 25.2 Å².